The molecule has 7 nitrogen and oxygen atoms in total. The molecule has 2 aliphatic rings. The molecule has 2 aromatic heterocycles. The van der Waals surface area contributed by atoms with Gasteiger partial charge in [-0.2, -0.15) is 0 Å². The average Bonchev–Trinajstić information content (AvgIpc) is 3.61. The van der Waals surface area contributed by atoms with Gasteiger partial charge in [-0.25, -0.2) is 4.98 Å². The van der Waals surface area contributed by atoms with Crippen LogP contribution in [0.2, 0.25) is 0 Å². The number of carbonyl (C=O) groups excluding carboxylic acids is 1. The van der Waals surface area contributed by atoms with Crippen LogP contribution in [0.4, 0.5) is 5.82 Å². The first kappa shape index (κ1) is 20.8. The van der Waals surface area contributed by atoms with Crippen molar-refractivity contribution in [3.8, 4) is 5.75 Å². The number of anilines is 1. The fourth-order valence-corrected chi connectivity index (χ4v) is 4.64. The topological polar surface area (TPSA) is 68.0 Å². The monoisotopic (exact) mass is 435 g/mol. The van der Waals surface area contributed by atoms with Gasteiger partial charge in [0, 0.05) is 49.8 Å². The smallest absolute Gasteiger partial charge is 0.289 e. The molecule has 4 heterocycles. The Hall–Kier alpha value is -3.06. The molecule has 0 N–H and O–H groups in total. The number of aromatic nitrogens is 1. The minimum absolute atomic E-state index is 0.0572. The van der Waals surface area contributed by atoms with Gasteiger partial charge >= 0.3 is 0 Å². The van der Waals surface area contributed by atoms with E-state index >= 15 is 0 Å². The molecule has 168 valence electrons. The lowest BCUT2D eigenvalue weighted by atomic mass is 10.1. The highest BCUT2D eigenvalue weighted by Crippen LogP contribution is 2.30. The summed E-state index contributed by atoms with van der Waals surface area (Å²) in [6.07, 6.45) is 5.91. The number of fused-ring (bicyclic) bond motifs is 1. The molecule has 3 aromatic rings. The van der Waals surface area contributed by atoms with Gasteiger partial charge in [-0.1, -0.05) is 0 Å². The van der Waals surface area contributed by atoms with E-state index in [0.29, 0.717) is 18.8 Å². The number of methoxy groups -OCH3 is 1. The van der Waals surface area contributed by atoms with Crippen LogP contribution >= 0.6 is 0 Å². The second kappa shape index (κ2) is 9.20. The van der Waals surface area contributed by atoms with E-state index < -0.39 is 0 Å². The standard InChI is InChI=1S/C25H29N3O4/c1-30-20-9-8-18-14-19(24(26-22(18)15-20)27-10-2-3-11-27)16-28(17-21-6-4-12-31-21)25(29)23-7-5-13-32-23/h5,7-9,13-15,21H,2-4,6,10-12,16-17H2,1H3. The van der Waals surface area contributed by atoms with E-state index in [2.05, 4.69) is 11.0 Å². The zero-order valence-corrected chi connectivity index (χ0v) is 18.5. The van der Waals surface area contributed by atoms with Crippen molar-refractivity contribution in [2.75, 3.05) is 38.3 Å². The first-order valence-electron chi connectivity index (χ1n) is 11.4. The highest BCUT2D eigenvalue weighted by atomic mass is 16.5. The van der Waals surface area contributed by atoms with E-state index in [0.717, 1.165) is 73.4 Å². The molecule has 0 spiro atoms. The number of pyridine rings is 1. The van der Waals surface area contributed by atoms with E-state index in [1.807, 2.05) is 23.1 Å². The quantitative estimate of drug-likeness (QED) is 0.552. The van der Waals surface area contributed by atoms with Gasteiger partial charge in [0.1, 0.15) is 11.6 Å². The summed E-state index contributed by atoms with van der Waals surface area (Å²) in [5, 5.41) is 1.03. The third kappa shape index (κ3) is 4.30. The number of amides is 1. The fourth-order valence-electron chi connectivity index (χ4n) is 4.64. The van der Waals surface area contributed by atoms with Gasteiger partial charge in [-0.15, -0.1) is 0 Å². The number of ether oxygens (including phenoxy) is 2. The maximum atomic E-state index is 13.3. The van der Waals surface area contributed by atoms with E-state index in [-0.39, 0.29) is 12.0 Å². The Balaban J connectivity index is 1.52. The molecule has 32 heavy (non-hydrogen) atoms. The molecular formula is C25H29N3O4. The van der Waals surface area contributed by atoms with Gasteiger partial charge < -0.3 is 23.7 Å². The number of rotatable bonds is 7. The van der Waals surface area contributed by atoms with Crippen molar-refractivity contribution in [3.05, 3.63) is 54.0 Å². The summed E-state index contributed by atoms with van der Waals surface area (Å²) in [6, 6.07) is 11.6. The lowest BCUT2D eigenvalue weighted by molar-refractivity contribution is 0.0484. The predicted octanol–water partition coefficient (Wildman–Crippen LogP) is 4.26. The minimum Gasteiger partial charge on any atom is -0.497 e. The van der Waals surface area contributed by atoms with Crippen LogP contribution in [-0.4, -0.2) is 55.2 Å². The summed E-state index contributed by atoms with van der Waals surface area (Å²) in [6.45, 7) is 3.71. The van der Waals surface area contributed by atoms with Crippen LogP contribution < -0.4 is 9.64 Å². The molecule has 0 saturated carbocycles. The third-order valence-corrected chi connectivity index (χ3v) is 6.31. The average molecular weight is 436 g/mol. The molecule has 0 bridgehead atoms. The molecule has 1 aromatic carbocycles. The maximum Gasteiger partial charge on any atom is 0.289 e. The van der Waals surface area contributed by atoms with Gasteiger partial charge in [0.05, 0.1) is 25.0 Å². The molecule has 1 unspecified atom stereocenters. The number of furan rings is 1. The van der Waals surface area contributed by atoms with Crippen molar-refractivity contribution in [2.45, 2.75) is 38.3 Å². The van der Waals surface area contributed by atoms with Gasteiger partial charge in [0.15, 0.2) is 5.76 Å². The van der Waals surface area contributed by atoms with Crippen LogP contribution in [0.25, 0.3) is 10.9 Å². The molecule has 5 rings (SSSR count). The molecule has 0 radical (unpaired) electrons. The zero-order chi connectivity index (χ0) is 21.9. The lowest BCUT2D eigenvalue weighted by Crippen LogP contribution is -2.37. The molecule has 2 saturated heterocycles. The molecular weight excluding hydrogens is 406 g/mol. The van der Waals surface area contributed by atoms with Crippen LogP contribution in [0.1, 0.15) is 41.8 Å². The molecule has 2 aliphatic heterocycles. The van der Waals surface area contributed by atoms with Crippen molar-refractivity contribution in [2.24, 2.45) is 0 Å². The predicted molar refractivity (Wildman–Crippen MR) is 122 cm³/mol. The highest BCUT2D eigenvalue weighted by molar-refractivity contribution is 5.91. The third-order valence-electron chi connectivity index (χ3n) is 6.31. The largest absolute Gasteiger partial charge is 0.497 e. The van der Waals surface area contributed by atoms with E-state index in [9.17, 15) is 4.79 Å². The van der Waals surface area contributed by atoms with Crippen molar-refractivity contribution in [3.63, 3.8) is 0 Å². The van der Waals surface area contributed by atoms with Crippen LogP contribution in [0, 0.1) is 0 Å². The van der Waals surface area contributed by atoms with Crippen molar-refractivity contribution < 1.29 is 18.7 Å². The molecule has 2 fully saturated rings. The molecule has 0 aliphatic carbocycles. The number of benzene rings is 1. The Morgan fingerprint density at radius 1 is 1.22 bits per heavy atom. The van der Waals surface area contributed by atoms with Crippen molar-refractivity contribution in [1.29, 1.82) is 0 Å². The van der Waals surface area contributed by atoms with Gasteiger partial charge in [-0.05, 0) is 56.0 Å². The number of nitrogens with zero attached hydrogens (tertiary/aromatic N) is 3. The normalized spacial score (nSPS) is 18.4. The van der Waals surface area contributed by atoms with Crippen LogP contribution in [-0.2, 0) is 11.3 Å². The van der Waals surface area contributed by atoms with Crippen LogP contribution in [0.3, 0.4) is 0 Å². The second-order valence-electron chi connectivity index (χ2n) is 8.52. The first-order chi connectivity index (χ1) is 15.7. The SMILES string of the molecule is COc1ccc2cc(CN(CC3CCCO3)C(=O)c3ccco3)c(N3CCCC3)nc2c1. The summed E-state index contributed by atoms with van der Waals surface area (Å²) in [7, 11) is 1.67. The van der Waals surface area contributed by atoms with E-state index in [1.54, 1.807) is 19.2 Å². The number of hydrogen-bond acceptors (Lipinski definition) is 6. The lowest BCUT2D eigenvalue weighted by Gasteiger charge is -2.28. The van der Waals surface area contributed by atoms with Crippen LogP contribution in [0.5, 0.6) is 5.75 Å². The molecule has 1 amide bonds. The Kier molecular flexibility index (Phi) is 5.99. The van der Waals surface area contributed by atoms with E-state index in [4.69, 9.17) is 18.9 Å². The Morgan fingerprint density at radius 3 is 2.81 bits per heavy atom. The van der Waals surface area contributed by atoms with Gasteiger partial charge in [0.25, 0.3) is 5.91 Å². The summed E-state index contributed by atoms with van der Waals surface area (Å²) in [5.41, 5.74) is 1.94. The summed E-state index contributed by atoms with van der Waals surface area (Å²) >= 11 is 0. The van der Waals surface area contributed by atoms with E-state index in [1.165, 1.54) is 6.26 Å². The van der Waals surface area contributed by atoms with Crippen molar-refractivity contribution >= 4 is 22.6 Å². The maximum absolute atomic E-state index is 13.3. The van der Waals surface area contributed by atoms with Gasteiger partial charge in [-0.3, -0.25) is 4.79 Å². The van der Waals surface area contributed by atoms with Crippen molar-refractivity contribution in [1.82, 2.24) is 9.88 Å². The summed E-state index contributed by atoms with van der Waals surface area (Å²) < 4.78 is 16.7. The fraction of sp³-hybridized carbons (Fsp3) is 0.440. The number of hydrogen-bond donors (Lipinski definition) is 0. The highest BCUT2D eigenvalue weighted by Gasteiger charge is 2.27. The zero-order valence-electron chi connectivity index (χ0n) is 18.5. The Labute approximate surface area is 187 Å². The van der Waals surface area contributed by atoms with Gasteiger partial charge in [0.2, 0.25) is 0 Å². The minimum atomic E-state index is -0.118. The second-order valence-corrected chi connectivity index (χ2v) is 8.52. The summed E-state index contributed by atoms with van der Waals surface area (Å²) in [5.74, 6) is 1.97. The molecule has 7 heteroatoms. The Morgan fingerprint density at radius 2 is 2.09 bits per heavy atom. The van der Waals surface area contributed by atoms with Crippen LogP contribution in [0.15, 0.2) is 47.1 Å². The first-order valence-corrected chi connectivity index (χ1v) is 11.4. The Bertz CT molecular complexity index is 1070. The summed E-state index contributed by atoms with van der Waals surface area (Å²) in [4.78, 5) is 22.5. The number of carbonyl (C=O) groups is 1. The molecule has 1 atom stereocenters.